The molecule has 0 bridgehead atoms. The number of sulfone groups is 1. The van der Waals surface area contributed by atoms with Gasteiger partial charge in [-0.1, -0.05) is 19.4 Å². The lowest BCUT2D eigenvalue weighted by atomic mass is 10.1. The molecule has 0 saturated heterocycles. The predicted molar refractivity (Wildman–Crippen MR) is 74.3 cm³/mol. The molecule has 98 valence electrons. The maximum Gasteiger partial charge on any atom is 0.148 e. The van der Waals surface area contributed by atoms with Gasteiger partial charge in [0.2, 0.25) is 0 Å². The van der Waals surface area contributed by atoms with E-state index in [2.05, 4.69) is 23.7 Å². The summed E-state index contributed by atoms with van der Waals surface area (Å²) in [5.41, 5.74) is 0. The van der Waals surface area contributed by atoms with Crippen LogP contribution in [0.15, 0.2) is 17.5 Å². The Morgan fingerprint density at radius 3 is 2.65 bits per heavy atom. The number of rotatable bonds is 7. The van der Waals surface area contributed by atoms with E-state index in [-0.39, 0.29) is 17.8 Å². The normalized spacial score (nSPS) is 15.7. The van der Waals surface area contributed by atoms with Crippen molar-refractivity contribution in [3.05, 3.63) is 22.4 Å². The summed E-state index contributed by atoms with van der Waals surface area (Å²) in [7, 11) is -2.91. The Kier molecular flexibility index (Phi) is 5.62. The Hall–Kier alpha value is -0.390. The maximum absolute atomic E-state index is 11.2. The van der Waals surface area contributed by atoms with Crippen molar-refractivity contribution in [1.29, 1.82) is 0 Å². The molecule has 0 radical (unpaired) electrons. The minimum Gasteiger partial charge on any atom is -0.306 e. The third-order valence-electron chi connectivity index (χ3n) is 2.50. The van der Waals surface area contributed by atoms with Crippen LogP contribution in [0.4, 0.5) is 0 Å². The summed E-state index contributed by atoms with van der Waals surface area (Å²) in [6.07, 6.45) is 3.40. The van der Waals surface area contributed by atoms with Crippen LogP contribution in [-0.4, -0.2) is 26.5 Å². The van der Waals surface area contributed by atoms with Crippen LogP contribution in [-0.2, 0) is 9.84 Å². The van der Waals surface area contributed by atoms with Crippen molar-refractivity contribution in [2.24, 2.45) is 0 Å². The molecule has 0 aliphatic heterocycles. The summed E-state index contributed by atoms with van der Waals surface area (Å²) in [6, 6.07) is 4.40. The highest BCUT2D eigenvalue weighted by molar-refractivity contribution is 7.90. The molecular formula is C12H21NO2S2. The molecule has 0 fully saturated rings. The lowest BCUT2D eigenvalue weighted by Crippen LogP contribution is -2.35. The number of hydrogen-bond acceptors (Lipinski definition) is 4. The molecule has 5 heteroatoms. The van der Waals surface area contributed by atoms with E-state index in [0.29, 0.717) is 0 Å². The van der Waals surface area contributed by atoms with Crippen LogP contribution in [0, 0.1) is 0 Å². The van der Waals surface area contributed by atoms with Gasteiger partial charge < -0.3 is 5.32 Å². The monoisotopic (exact) mass is 275 g/mol. The Balaban J connectivity index is 2.61. The predicted octanol–water partition coefficient (Wildman–Crippen LogP) is 2.61. The summed E-state index contributed by atoms with van der Waals surface area (Å²) in [5.74, 6) is 0.193. The van der Waals surface area contributed by atoms with E-state index in [4.69, 9.17) is 0 Å². The van der Waals surface area contributed by atoms with Crippen molar-refractivity contribution in [3.63, 3.8) is 0 Å². The molecule has 1 N–H and O–H groups in total. The third kappa shape index (κ3) is 5.66. The van der Waals surface area contributed by atoms with E-state index >= 15 is 0 Å². The molecule has 2 unspecified atom stereocenters. The average Bonchev–Trinajstić information content (AvgIpc) is 2.66. The second kappa shape index (κ2) is 6.52. The zero-order chi connectivity index (χ0) is 12.9. The molecule has 1 heterocycles. The van der Waals surface area contributed by atoms with Crippen LogP contribution in [0.1, 0.15) is 37.6 Å². The number of hydrogen-bond donors (Lipinski definition) is 1. The zero-order valence-electron chi connectivity index (χ0n) is 10.6. The molecule has 2 atom stereocenters. The van der Waals surface area contributed by atoms with Crippen LogP contribution in [0.5, 0.6) is 0 Å². The van der Waals surface area contributed by atoms with Gasteiger partial charge in [-0.05, 0) is 24.8 Å². The van der Waals surface area contributed by atoms with E-state index in [1.165, 1.54) is 11.1 Å². The van der Waals surface area contributed by atoms with Crippen LogP contribution >= 0.6 is 11.3 Å². The van der Waals surface area contributed by atoms with Crippen molar-refractivity contribution < 1.29 is 8.42 Å². The first kappa shape index (κ1) is 14.7. The fraction of sp³-hybridized carbons (Fsp3) is 0.667. The minimum atomic E-state index is -2.91. The average molecular weight is 275 g/mol. The molecule has 1 rings (SSSR count). The molecule has 3 nitrogen and oxygen atoms in total. The fourth-order valence-electron chi connectivity index (χ4n) is 1.93. The first-order valence-electron chi connectivity index (χ1n) is 5.89. The van der Waals surface area contributed by atoms with Gasteiger partial charge in [-0.15, -0.1) is 11.3 Å². The Labute approximate surface area is 108 Å². The summed E-state index contributed by atoms with van der Waals surface area (Å²) in [4.78, 5) is 1.28. The maximum atomic E-state index is 11.2. The van der Waals surface area contributed by atoms with Crippen molar-refractivity contribution in [3.8, 4) is 0 Å². The van der Waals surface area contributed by atoms with Gasteiger partial charge in [0.15, 0.2) is 0 Å². The van der Waals surface area contributed by atoms with E-state index in [1.54, 1.807) is 11.3 Å². The lowest BCUT2D eigenvalue weighted by Gasteiger charge is -2.21. The van der Waals surface area contributed by atoms with Gasteiger partial charge in [0, 0.05) is 23.2 Å². The molecule has 17 heavy (non-hydrogen) atoms. The summed E-state index contributed by atoms with van der Waals surface area (Å²) < 4.78 is 22.5. The van der Waals surface area contributed by atoms with Gasteiger partial charge in [-0.25, -0.2) is 8.42 Å². The second-order valence-corrected chi connectivity index (χ2v) is 7.68. The van der Waals surface area contributed by atoms with Gasteiger partial charge in [-0.3, -0.25) is 0 Å². The standard InChI is InChI=1S/C12H21NO2S2/c1-4-6-11(12-7-5-8-16-12)13-10(2)9-17(3,14)15/h5,7-8,10-11,13H,4,6,9H2,1-3H3. The van der Waals surface area contributed by atoms with Gasteiger partial charge in [-0.2, -0.15) is 0 Å². The van der Waals surface area contributed by atoms with Gasteiger partial charge >= 0.3 is 0 Å². The topological polar surface area (TPSA) is 46.2 Å². The Morgan fingerprint density at radius 2 is 2.18 bits per heavy atom. The van der Waals surface area contributed by atoms with Gasteiger partial charge in [0.1, 0.15) is 9.84 Å². The largest absolute Gasteiger partial charge is 0.306 e. The summed E-state index contributed by atoms with van der Waals surface area (Å²) in [6.45, 7) is 4.07. The van der Waals surface area contributed by atoms with Crippen molar-refractivity contribution in [2.45, 2.75) is 38.8 Å². The second-order valence-electron chi connectivity index (χ2n) is 4.52. The highest BCUT2D eigenvalue weighted by Gasteiger charge is 2.17. The lowest BCUT2D eigenvalue weighted by molar-refractivity contribution is 0.452. The quantitative estimate of drug-likeness (QED) is 0.832. The summed E-state index contributed by atoms with van der Waals surface area (Å²) in [5, 5.41) is 5.46. The van der Waals surface area contributed by atoms with Crippen LogP contribution < -0.4 is 5.32 Å². The molecular weight excluding hydrogens is 254 g/mol. The molecule has 0 saturated carbocycles. The fourth-order valence-corrected chi connectivity index (χ4v) is 3.76. The van der Waals surface area contributed by atoms with E-state index in [1.807, 2.05) is 13.0 Å². The smallest absolute Gasteiger partial charge is 0.148 e. The molecule has 0 aliphatic carbocycles. The van der Waals surface area contributed by atoms with Crippen molar-refractivity contribution in [1.82, 2.24) is 5.32 Å². The molecule has 1 aromatic heterocycles. The molecule has 1 aromatic rings. The van der Waals surface area contributed by atoms with Crippen molar-refractivity contribution in [2.75, 3.05) is 12.0 Å². The van der Waals surface area contributed by atoms with Crippen LogP contribution in [0.3, 0.4) is 0 Å². The Morgan fingerprint density at radius 1 is 1.47 bits per heavy atom. The zero-order valence-corrected chi connectivity index (χ0v) is 12.3. The number of nitrogens with one attached hydrogen (secondary N) is 1. The van der Waals surface area contributed by atoms with Gasteiger partial charge in [0.05, 0.1) is 5.75 Å². The molecule has 0 aliphatic rings. The third-order valence-corrected chi connectivity index (χ3v) is 4.59. The molecule has 0 spiro atoms. The highest BCUT2D eigenvalue weighted by Crippen LogP contribution is 2.23. The SMILES string of the molecule is CCCC(NC(C)CS(C)(=O)=O)c1cccs1. The highest BCUT2D eigenvalue weighted by atomic mass is 32.2. The minimum absolute atomic E-state index is 0.0105. The van der Waals surface area contributed by atoms with Crippen LogP contribution in [0.2, 0.25) is 0 Å². The van der Waals surface area contributed by atoms with Crippen LogP contribution in [0.25, 0.3) is 0 Å². The van der Waals surface area contributed by atoms with E-state index in [9.17, 15) is 8.42 Å². The van der Waals surface area contributed by atoms with E-state index in [0.717, 1.165) is 12.8 Å². The first-order valence-corrected chi connectivity index (χ1v) is 8.83. The van der Waals surface area contributed by atoms with Crippen molar-refractivity contribution >= 4 is 21.2 Å². The van der Waals surface area contributed by atoms with E-state index < -0.39 is 9.84 Å². The summed E-state index contributed by atoms with van der Waals surface area (Å²) >= 11 is 1.72. The number of thiophene rings is 1. The molecule has 0 aromatic carbocycles. The van der Waals surface area contributed by atoms with Gasteiger partial charge in [0.25, 0.3) is 0 Å². The molecule has 0 amide bonds. The first-order chi connectivity index (χ1) is 7.92. The Bertz CT molecular complexity index is 412.